The molecule has 1 aliphatic heterocycles. The SMILES string of the molecule is Cc1cc(C(=O)CCC(=O)NCC(N2CCNCC2)C(F)(F)F)c(C)s1. The molecule has 0 saturated carbocycles. The van der Waals surface area contributed by atoms with Gasteiger partial charge in [-0.1, -0.05) is 0 Å². The van der Waals surface area contributed by atoms with Crippen molar-refractivity contribution in [2.75, 3.05) is 32.7 Å². The summed E-state index contributed by atoms with van der Waals surface area (Å²) in [6.07, 6.45) is -4.53. The minimum Gasteiger partial charge on any atom is -0.354 e. The zero-order valence-electron chi connectivity index (χ0n) is 14.9. The van der Waals surface area contributed by atoms with Crippen molar-refractivity contribution in [1.82, 2.24) is 15.5 Å². The van der Waals surface area contributed by atoms with Crippen molar-refractivity contribution < 1.29 is 22.8 Å². The minimum atomic E-state index is -4.41. The van der Waals surface area contributed by atoms with Crippen LogP contribution in [-0.2, 0) is 4.79 Å². The normalized spacial score (nSPS) is 17.1. The van der Waals surface area contributed by atoms with Gasteiger partial charge in [-0.3, -0.25) is 14.5 Å². The van der Waals surface area contributed by atoms with E-state index in [1.807, 2.05) is 13.8 Å². The Labute approximate surface area is 154 Å². The third kappa shape index (κ3) is 5.78. The zero-order chi connectivity index (χ0) is 19.3. The Morgan fingerprint density at radius 1 is 1.27 bits per heavy atom. The Hall–Kier alpha value is -1.45. The fourth-order valence-electron chi connectivity index (χ4n) is 3.01. The molecule has 1 saturated heterocycles. The van der Waals surface area contributed by atoms with Gasteiger partial charge >= 0.3 is 6.18 Å². The maximum Gasteiger partial charge on any atom is 0.405 e. The van der Waals surface area contributed by atoms with E-state index >= 15 is 0 Å². The molecule has 1 aliphatic rings. The predicted octanol–water partition coefficient (Wildman–Crippen LogP) is 2.28. The second-order valence-electron chi connectivity index (χ2n) is 6.40. The summed E-state index contributed by atoms with van der Waals surface area (Å²) in [6, 6.07) is 0.0793. The van der Waals surface area contributed by atoms with Crippen LogP contribution >= 0.6 is 11.3 Å². The van der Waals surface area contributed by atoms with Gasteiger partial charge in [0.15, 0.2) is 5.78 Å². The van der Waals surface area contributed by atoms with Crippen LogP contribution in [-0.4, -0.2) is 61.5 Å². The number of ketones is 1. The fourth-order valence-corrected chi connectivity index (χ4v) is 3.96. The maximum absolute atomic E-state index is 13.3. The first-order valence-electron chi connectivity index (χ1n) is 8.57. The zero-order valence-corrected chi connectivity index (χ0v) is 15.7. The van der Waals surface area contributed by atoms with Crippen LogP contribution in [0.3, 0.4) is 0 Å². The van der Waals surface area contributed by atoms with Gasteiger partial charge in [0, 0.05) is 60.9 Å². The molecule has 0 bridgehead atoms. The Morgan fingerprint density at radius 2 is 1.92 bits per heavy atom. The molecule has 1 fully saturated rings. The molecule has 1 unspecified atom stereocenters. The topological polar surface area (TPSA) is 61.4 Å². The lowest BCUT2D eigenvalue weighted by Crippen LogP contribution is -2.57. The van der Waals surface area contributed by atoms with Gasteiger partial charge in [0.25, 0.3) is 0 Å². The molecule has 1 aromatic heterocycles. The van der Waals surface area contributed by atoms with E-state index in [-0.39, 0.29) is 31.7 Å². The smallest absolute Gasteiger partial charge is 0.354 e. The highest BCUT2D eigenvalue weighted by molar-refractivity contribution is 7.12. The van der Waals surface area contributed by atoms with Gasteiger partial charge in [-0.2, -0.15) is 13.2 Å². The van der Waals surface area contributed by atoms with E-state index in [4.69, 9.17) is 0 Å². The lowest BCUT2D eigenvalue weighted by molar-refractivity contribution is -0.184. The average molecular weight is 391 g/mol. The number of halogens is 3. The van der Waals surface area contributed by atoms with Gasteiger partial charge < -0.3 is 10.6 Å². The van der Waals surface area contributed by atoms with Crippen LogP contribution in [0.4, 0.5) is 13.2 Å². The monoisotopic (exact) mass is 391 g/mol. The molecule has 1 aromatic rings. The maximum atomic E-state index is 13.3. The number of carbonyl (C=O) groups excluding carboxylic acids is 2. The van der Waals surface area contributed by atoms with Crippen LogP contribution in [0.25, 0.3) is 0 Å². The molecule has 2 N–H and O–H groups in total. The molecule has 1 amide bonds. The first-order valence-corrected chi connectivity index (χ1v) is 9.38. The van der Waals surface area contributed by atoms with Crippen LogP contribution in [0, 0.1) is 13.8 Å². The number of piperazine rings is 1. The van der Waals surface area contributed by atoms with Crippen molar-refractivity contribution in [3.05, 3.63) is 21.4 Å². The Balaban J connectivity index is 1.84. The molecule has 5 nitrogen and oxygen atoms in total. The first-order chi connectivity index (χ1) is 12.2. The van der Waals surface area contributed by atoms with Crippen molar-refractivity contribution in [1.29, 1.82) is 0 Å². The number of thiophene rings is 1. The lowest BCUT2D eigenvalue weighted by atomic mass is 10.1. The summed E-state index contributed by atoms with van der Waals surface area (Å²) in [6.45, 7) is 4.81. The molecule has 1 atom stereocenters. The summed E-state index contributed by atoms with van der Waals surface area (Å²) < 4.78 is 39.8. The number of nitrogens with zero attached hydrogens (tertiary/aromatic N) is 1. The summed E-state index contributed by atoms with van der Waals surface area (Å²) in [7, 11) is 0. The highest BCUT2D eigenvalue weighted by Gasteiger charge is 2.43. The molecule has 9 heteroatoms. The van der Waals surface area contributed by atoms with E-state index < -0.39 is 24.7 Å². The summed E-state index contributed by atoms with van der Waals surface area (Å²) in [5.74, 6) is -0.691. The number of alkyl halides is 3. The fraction of sp³-hybridized carbons (Fsp3) is 0.647. The lowest BCUT2D eigenvalue weighted by Gasteiger charge is -2.35. The van der Waals surface area contributed by atoms with E-state index in [2.05, 4.69) is 10.6 Å². The molecule has 2 heterocycles. The van der Waals surface area contributed by atoms with Gasteiger partial charge in [0.1, 0.15) is 6.04 Å². The molecule has 0 aliphatic carbocycles. The van der Waals surface area contributed by atoms with Gasteiger partial charge in [-0.25, -0.2) is 0 Å². The van der Waals surface area contributed by atoms with Crippen molar-refractivity contribution in [2.24, 2.45) is 0 Å². The highest BCUT2D eigenvalue weighted by atomic mass is 32.1. The standard InChI is InChI=1S/C17H24F3N3O2S/c1-11-9-13(12(2)26-11)14(24)3-4-16(25)22-10-15(17(18,19)20)23-7-5-21-6-8-23/h9,15,21H,3-8,10H2,1-2H3,(H,22,25). The number of Topliss-reactive ketones (excluding diaryl/α,β-unsaturated/α-hetero) is 1. The quantitative estimate of drug-likeness (QED) is 0.700. The van der Waals surface area contributed by atoms with E-state index in [1.165, 1.54) is 16.2 Å². The summed E-state index contributed by atoms with van der Waals surface area (Å²) in [5, 5.41) is 5.35. The molecule has 26 heavy (non-hydrogen) atoms. The summed E-state index contributed by atoms with van der Waals surface area (Å²) in [4.78, 5) is 27.3. The van der Waals surface area contributed by atoms with Gasteiger partial charge in [0.05, 0.1) is 0 Å². The minimum absolute atomic E-state index is 0.00678. The molecular formula is C17H24F3N3O2S. The molecule has 0 radical (unpaired) electrons. The molecule has 0 spiro atoms. The Bertz CT molecular complexity index is 640. The number of carbonyl (C=O) groups is 2. The van der Waals surface area contributed by atoms with Crippen molar-refractivity contribution in [3.63, 3.8) is 0 Å². The van der Waals surface area contributed by atoms with Crippen molar-refractivity contribution in [2.45, 2.75) is 38.9 Å². The average Bonchev–Trinajstić information content (AvgIpc) is 2.91. The van der Waals surface area contributed by atoms with Crippen LogP contribution in [0.2, 0.25) is 0 Å². The van der Waals surface area contributed by atoms with Gasteiger partial charge in [0.2, 0.25) is 5.91 Å². The van der Waals surface area contributed by atoms with Gasteiger partial charge in [-0.15, -0.1) is 11.3 Å². The number of amides is 1. The molecule has 0 aromatic carbocycles. The van der Waals surface area contributed by atoms with Crippen LogP contribution in [0.15, 0.2) is 6.07 Å². The first kappa shape index (κ1) is 20.9. The number of nitrogens with one attached hydrogen (secondary N) is 2. The Morgan fingerprint density at radius 3 is 2.46 bits per heavy atom. The Kier molecular flexibility index (Phi) is 7.19. The van der Waals surface area contributed by atoms with Crippen molar-refractivity contribution >= 4 is 23.0 Å². The number of hydrogen-bond acceptors (Lipinski definition) is 5. The number of hydrogen-bond donors (Lipinski definition) is 2. The van der Waals surface area contributed by atoms with E-state index in [0.29, 0.717) is 18.7 Å². The molecule has 2 rings (SSSR count). The predicted molar refractivity (Wildman–Crippen MR) is 94.7 cm³/mol. The second-order valence-corrected chi connectivity index (χ2v) is 7.86. The highest BCUT2D eigenvalue weighted by Crippen LogP contribution is 2.25. The summed E-state index contributed by atoms with van der Waals surface area (Å²) in [5.41, 5.74) is 0.592. The van der Waals surface area contributed by atoms with E-state index in [0.717, 1.165) is 9.75 Å². The van der Waals surface area contributed by atoms with Crippen molar-refractivity contribution in [3.8, 4) is 0 Å². The third-order valence-electron chi connectivity index (χ3n) is 4.38. The van der Waals surface area contributed by atoms with Crippen LogP contribution < -0.4 is 10.6 Å². The largest absolute Gasteiger partial charge is 0.405 e. The van der Waals surface area contributed by atoms with Gasteiger partial charge in [-0.05, 0) is 19.9 Å². The van der Waals surface area contributed by atoms with Crippen LogP contribution in [0.1, 0.15) is 33.0 Å². The number of aryl methyl sites for hydroxylation is 2. The van der Waals surface area contributed by atoms with E-state index in [9.17, 15) is 22.8 Å². The second kappa shape index (κ2) is 8.96. The molecule has 146 valence electrons. The third-order valence-corrected chi connectivity index (χ3v) is 5.35. The van der Waals surface area contributed by atoms with Crippen LogP contribution in [0.5, 0.6) is 0 Å². The molecular weight excluding hydrogens is 367 g/mol. The number of rotatable bonds is 7. The van der Waals surface area contributed by atoms with E-state index in [1.54, 1.807) is 6.07 Å². The summed E-state index contributed by atoms with van der Waals surface area (Å²) >= 11 is 1.51.